The number of ether oxygens (including phenoxy) is 1. The lowest BCUT2D eigenvalue weighted by Gasteiger charge is -2.26. The summed E-state index contributed by atoms with van der Waals surface area (Å²) < 4.78 is 63.2. The van der Waals surface area contributed by atoms with Crippen molar-refractivity contribution in [3.63, 3.8) is 0 Å². The van der Waals surface area contributed by atoms with Gasteiger partial charge in [-0.05, 0) is 50.5 Å². The molecule has 222 valence electrons. The summed E-state index contributed by atoms with van der Waals surface area (Å²) in [7, 11) is -1.92. The Bertz CT molecular complexity index is 1660. The van der Waals surface area contributed by atoms with Gasteiger partial charge < -0.3 is 14.5 Å². The molecule has 3 aliphatic rings. The molecule has 4 atom stereocenters. The first-order valence-corrected chi connectivity index (χ1v) is 14.5. The molecule has 0 saturated carbocycles. The molecule has 2 aromatic rings. The number of nitriles is 1. The molecule has 1 aromatic heterocycles. The molecule has 10 nitrogen and oxygen atoms in total. The normalized spacial score (nSPS) is 22.3. The van der Waals surface area contributed by atoms with Gasteiger partial charge >= 0.3 is 6.18 Å². The van der Waals surface area contributed by atoms with E-state index in [1.807, 2.05) is 6.07 Å². The largest absolute Gasteiger partial charge is 0.416 e. The highest BCUT2D eigenvalue weighted by Gasteiger charge is 2.54. The highest BCUT2D eigenvalue weighted by molar-refractivity contribution is 7.97. The number of allylic oxidation sites excluding steroid dienone is 3. The van der Waals surface area contributed by atoms with Crippen LogP contribution < -0.4 is 4.90 Å². The standard InChI is InChI=1S/C29H25F3N6O4S/c1-19-25(24-12-14-34-38(24)22-10-8-20(17-33)9-11-22)26(40)36(15-4-2-3-13-35-43(41)18-39)27-28(42-27)37(19)23-7-5-6-21(16-23)29(30,31)32/h5-8,12-14,16,18,22,27-28H,2-4,10,15H2,1H3/b35-13+. The molecule has 1 aromatic carbocycles. The Hall–Kier alpha value is -4.53. The van der Waals surface area contributed by atoms with Crippen molar-refractivity contribution in [3.05, 3.63) is 65.1 Å². The van der Waals surface area contributed by atoms with Gasteiger partial charge in [-0.15, -0.1) is 0 Å². The van der Waals surface area contributed by atoms with E-state index in [1.165, 1.54) is 24.5 Å². The van der Waals surface area contributed by atoms with E-state index >= 15 is 0 Å². The van der Waals surface area contributed by atoms with Gasteiger partial charge in [-0.1, -0.05) is 24.0 Å². The fourth-order valence-corrected chi connectivity index (χ4v) is 5.40. The number of benzene rings is 1. The van der Waals surface area contributed by atoms with Crippen molar-refractivity contribution in [2.75, 3.05) is 11.4 Å². The number of anilines is 1. The molecule has 43 heavy (non-hydrogen) atoms. The van der Waals surface area contributed by atoms with Crippen LogP contribution in [0, 0.1) is 23.2 Å². The van der Waals surface area contributed by atoms with Gasteiger partial charge in [-0.2, -0.15) is 27.9 Å². The van der Waals surface area contributed by atoms with Crippen LogP contribution in [0.25, 0.3) is 5.57 Å². The smallest absolute Gasteiger partial charge is 0.325 e. The number of amides is 1. The third kappa shape index (κ3) is 6.30. The molecule has 0 bridgehead atoms. The van der Waals surface area contributed by atoms with E-state index in [4.69, 9.17) is 10.00 Å². The zero-order chi connectivity index (χ0) is 30.7. The van der Waals surface area contributed by atoms with Crippen LogP contribution in [0.2, 0.25) is 0 Å². The van der Waals surface area contributed by atoms with E-state index in [1.54, 1.807) is 33.5 Å². The van der Waals surface area contributed by atoms with Crippen molar-refractivity contribution in [1.82, 2.24) is 14.7 Å². The average molecular weight is 611 g/mol. The van der Waals surface area contributed by atoms with Gasteiger partial charge in [-0.25, -0.2) is 8.89 Å². The summed E-state index contributed by atoms with van der Waals surface area (Å²) in [6, 6.07) is 8.07. The van der Waals surface area contributed by atoms with Crippen molar-refractivity contribution in [2.24, 2.45) is 4.40 Å². The number of carbonyl (C=O) groups is 2. The first-order valence-electron chi connectivity index (χ1n) is 13.3. The van der Waals surface area contributed by atoms with Gasteiger partial charge in [0.05, 0.1) is 22.4 Å². The van der Waals surface area contributed by atoms with Crippen molar-refractivity contribution < 1.29 is 31.7 Å². The predicted molar refractivity (Wildman–Crippen MR) is 151 cm³/mol. The van der Waals surface area contributed by atoms with Gasteiger partial charge in [0.2, 0.25) is 16.6 Å². The summed E-state index contributed by atoms with van der Waals surface area (Å²) >= 11 is 0. The van der Waals surface area contributed by atoms with Crippen LogP contribution in [-0.4, -0.2) is 55.6 Å². The van der Waals surface area contributed by atoms with Crippen LogP contribution in [0.3, 0.4) is 0 Å². The summed E-state index contributed by atoms with van der Waals surface area (Å²) in [6.07, 6.45) is 0.527. The average Bonchev–Trinajstić information content (AvgIpc) is 3.62. The zero-order valence-electron chi connectivity index (χ0n) is 22.8. The SMILES string of the molecule is CC1=C(c2ccnn2C2C#CC(C#N)=CC2)C(=O)N(CCCC/C=N/S(=O)C=O)C2OC2N1c1cccc(C(F)(F)F)c1. The molecule has 1 fully saturated rings. The van der Waals surface area contributed by atoms with Crippen LogP contribution in [0.1, 0.15) is 49.9 Å². The molecular formula is C29H25F3N6O4S. The van der Waals surface area contributed by atoms with Crippen molar-refractivity contribution in [1.29, 1.82) is 5.26 Å². The summed E-state index contributed by atoms with van der Waals surface area (Å²) in [5.74, 6) is 5.42. The third-order valence-electron chi connectivity index (χ3n) is 7.16. The van der Waals surface area contributed by atoms with Gasteiger partial charge in [0.15, 0.2) is 12.5 Å². The number of epoxide rings is 1. The number of aromatic nitrogens is 2. The van der Waals surface area contributed by atoms with E-state index in [2.05, 4.69) is 21.3 Å². The molecule has 0 N–H and O–H groups in total. The maximum absolute atomic E-state index is 14.2. The zero-order valence-corrected chi connectivity index (χ0v) is 23.6. The number of rotatable bonds is 10. The Morgan fingerprint density at radius 2 is 2.09 bits per heavy atom. The van der Waals surface area contributed by atoms with Crippen LogP contribution in [-0.2, 0) is 31.5 Å². The van der Waals surface area contributed by atoms with E-state index in [-0.39, 0.29) is 29.3 Å². The van der Waals surface area contributed by atoms with Crippen LogP contribution in [0.5, 0.6) is 0 Å². The number of halogens is 3. The summed E-state index contributed by atoms with van der Waals surface area (Å²) in [6.45, 7) is 1.93. The molecule has 1 saturated heterocycles. The number of nitrogens with zero attached hydrogens (tertiary/aromatic N) is 6. The fraction of sp³-hybridized carbons (Fsp3) is 0.345. The van der Waals surface area contributed by atoms with Gasteiger partial charge in [0.1, 0.15) is 12.1 Å². The second kappa shape index (κ2) is 12.4. The molecule has 14 heteroatoms. The quantitative estimate of drug-likeness (QED) is 0.130. The molecule has 4 unspecified atom stereocenters. The van der Waals surface area contributed by atoms with Crippen molar-refractivity contribution in [2.45, 2.75) is 57.3 Å². The molecule has 0 spiro atoms. The minimum absolute atomic E-state index is 0.219. The third-order valence-corrected chi connectivity index (χ3v) is 7.68. The van der Waals surface area contributed by atoms with Gasteiger partial charge in [0, 0.05) is 36.8 Å². The highest BCUT2D eigenvalue weighted by Crippen LogP contribution is 2.44. The Morgan fingerprint density at radius 3 is 2.79 bits per heavy atom. The first-order chi connectivity index (χ1) is 20.6. The molecule has 2 aliphatic heterocycles. The molecule has 5 rings (SSSR count). The van der Waals surface area contributed by atoms with Crippen molar-refractivity contribution >= 4 is 40.0 Å². The predicted octanol–water partition coefficient (Wildman–Crippen LogP) is 4.16. The molecule has 1 amide bonds. The fourth-order valence-electron chi connectivity index (χ4n) is 5.10. The first kappa shape index (κ1) is 29.9. The lowest BCUT2D eigenvalue weighted by atomic mass is 10.0. The van der Waals surface area contributed by atoms with Crippen LogP contribution in [0.4, 0.5) is 18.9 Å². The van der Waals surface area contributed by atoms with E-state index < -0.39 is 41.2 Å². The van der Waals surface area contributed by atoms with Crippen LogP contribution >= 0.6 is 0 Å². The number of hydrogen-bond acceptors (Lipinski definition) is 7. The lowest BCUT2D eigenvalue weighted by Crippen LogP contribution is -2.36. The second-order valence-corrected chi connectivity index (χ2v) is 10.8. The Balaban J connectivity index is 1.51. The Kier molecular flexibility index (Phi) is 8.62. The van der Waals surface area contributed by atoms with Crippen LogP contribution in [0.15, 0.2) is 58.3 Å². The maximum atomic E-state index is 14.2. The lowest BCUT2D eigenvalue weighted by molar-refractivity contribution is -0.137. The van der Waals surface area contributed by atoms with E-state index in [9.17, 15) is 27.0 Å². The Labute approximate surface area is 247 Å². The number of fused-ring (bicyclic) bond motifs is 1. The number of alkyl halides is 3. The topological polar surface area (TPSA) is 124 Å². The van der Waals surface area contributed by atoms with Gasteiger partial charge in [-0.3, -0.25) is 9.59 Å². The molecule has 0 radical (unpaired) electrons. The minimum atomic E-state index is -4.57. The van der Waals surface area contributed by atoms with Crippen molar-refractivity contribution in [3.8, 4) is 17.9 Å². The van der Waals surface area contributed by atoms with E-state index in [0.29, 0.717) is 42.6 Å². The number of carbonyl (C=O) groups excluding carboxylic acids is 2. The maximum Gasteiger partial charge on any atom is 0.416 e. The molecule has 1 aliphatic carbocycles. The Morgan fingerprint density at radius 1 is 1.28 bits per heavy atom. The van der Waals surface area contributed by atoms with E-state index in [0.717, 1.165) is 12.1 Å². The molecule has 3 heterocycles. The number of hydrogen-bond donors (Lipinski definition) is 0. The summed E-state index contributed by atoms with van der Waals surface area (Å²) in [4.78, 5) is 27.9. The van der Waals surface area contributed by atoms with Gasteiger partial charge in [0.25, 0.3) is 5.91 Å². The summed E-state index contributed by atoms with van der Waals surface area (Å²) in [5, 5.41) is 13.6. The number of unbranched alkanes of at least 4 members (excludes halogenated alkanes) is 2. The molecular weight excluding hydrogens is 585 g/mol. The second-order valence-electron chi connectivity index (χ2n) is 9.86. The highest BCUT2D eigenvalue weighted by atomic mass is 32.2. The minimum Gasteiger partial charge on any atom is -0.325 e. The monoisotopic (exact) mass is 610 g/mol. The summed E-state index contributed by atoms with van der Waals surface area (Å²) in [5.41, 5.74) is 1.02.